The van der Waals surface area contributed by atoms with Crippen molar-refractivity contribution in [2.24, 2.45) is 5.10 Å². The molecule has 31 heavy (non-hydrogen) atoms. The molecule has 3 aromatic rings. The highest BCUT2D eigenvalue weighted by atomic mass is 35.5. The van der Waals surface area contributed by atoms with Crippen LogP contribution in [0.1, 0.15) is 18.1 Å². The van der Waals surface area contributed by atoms with E-state index in [1.807, 2.05) is 37.3 Å². The van der Waals surface area contributed by atoms with Gasteiger partial charge >= 0.3 is 0 Å². The summed E-state index contributed by atoms with van der Waals surface area (Å²) in [7, 11) is 0. The van der Waals surface area contributed by atoms with Gasteiger partial charge in [0.1, 0.15) is 6.61 Å². The molecule has 0 aliphatic rings. The number of benzene rings is 2. The largest absolute Gasteiger partial charge is 0.490 e. The number of hydrogen-bond donors (Lipinski definition) is 1. The van der Waals surface area contributed by atoms with Gasteiger partial charge in [-0.05, 0) is 54.4 Å². The molecule has 3 rings (SSSR count). The molecule has 0 saturated heterocycles. The number of thioether (sulfide) groups is 1. The molecule has 9 heteroatoms. The molecule has 1 N–H and O–H groups in total. The Balaban J connectivity index is 1.55. The van der Waals surface area contributed by atoms with E-state index in [0.29, 0.717) is 34.9 Å². The minimum absolute atomic E-state index is 0.168. The fourth-order valence-corrected chi connectivity index (χ4v) is 3.29. The number of nitrogens with one attached hydrogen (secondary N) is 1. The third kappa shape index (κ3) is 7.58. The second-order valence-electron chi connectivity index (χ2n) is 6.17. The lowest BCUT2D eigenvalue weighted by molar-refractivity contribution is -0.118. The number of aromatic nitrogens is 2. The normalized spacial score (nSPS) is 10.8. The molecule has 0 fully saturated rings. The molecule has 160 valence electrons. The predicted octanol–water partition coefficient (Wildman–Crippen LogP) is 4.35. The molecule has 0 spiro atoms. The molecular weight excluding hydrogens is 436 g/mol. The number of hydrogen-bond acceptors (Lipinski definition) is 7. The average molecular weight is 457 g/mol. The number of rotatable bonds is 10. The minimum atomic E-state index is -0.250. The van der Waals surface area contributed by atoms with Crippen LogP contribution >= 0.6 is 23.4 Å². The molecule has 1 amide bonds. The minimum Gasteiger partial charge on any atom is -0.490 e. The van der Waals surface area contributed by atoms with Crippen LogP contribution in [-0.2, 0) is 11.4 Å². The Hall–Kier alpha value is -3.10. The topological polar surface area (TPSA) is 85.7 Å². The Morgan fingerprint density at radius 3 is 2.74 bits per heavy atom. The van der Waals surface area contributed by atoms with E-state index in [4.69, 9.17) is 21.1 Å². The van der Waals surface area contributed by atoms with Gasteiger partial charge in [-0.1, -0.05) is 35.5 Å². The molecule has 7 nitrogen and oxygen atoms in total. The van der Waals surface area contributed by atoms with E-state index < -0.39 is 0 Å². The molecule has 1 heterocycles. The maximum absolute atomic E-state index is 11.9. The van der Waals surface area contributed by atoms with Crippen molar-refractivity contribution in [3.8, 4) is 11.5 Å². The van der Waals surface area contributed by atoms with Crippen molar-refractivity contribution < 1.29 is 14.3 Å². The van der Waals surface area contributed by atoms with Crippen molar-refractivity contribution in [1.82, 2.24) is 15.4 Å². The zero-order valence-corrected chi connectivity index (χ0v) is 18.4. The highest BCUT2D eigenvalue weighted by Crippen LogP contribution is 2.29. The highest BCUT2D eigenvalue weighted by Gasteiger charge is 2.07. The number of carbonyl (C=O) groups excluding carboxylic acids is 1. The van der Waals surface area contributed by atoms with E-state index in [9.17, 15) is 4.79 Å². The summed E-state index contributed by atoms with van der Waals surface area (Å²) in [5, 5.41) is 5.20. The summed E-state index contributed by atoms with van der Waals surface area (Å²) in [5.41, 5.74) is 4.21. The van der Waals surface area contributed by atoms with Crippen molar-refractivity contribution >= 4 is 35.5 Å². The van der Waals surface area contributed by atoms with Crippen LogP contribution < -0.4 is 14.9 Å². The summed E-state index contributed by atoms with van der Waals surface area (Å²) in [5.74, 6) is 1.13. The quantitative estimate of drug-likeness (QED) is 0.211. The Bertz CT molecular complexity index is 1030. The fraction of sp³-hybridized carbons (Fsp3) is 0.182. The Morgan fingerprint density at radius 1 is 1.13 bits per heavy atom. The molecule has 0 unspecified atom stereocenters. The van der Waals surface area contributed by atoms with Crippen LogP contribution in [0.3, 0.4) is 0 Å². The first-order chi connectivity index (χ1) is 15.1. The standard InChI is InChI=1S/C22H21ClN4O3S/c1-2-29-20-12-16(7-8-19(20)30-14-17-5-3-6-18(23)11-17)13-26-27-21(28)15-31-22-24-9-4-10-25-22/h3-13H,2,14-15H2,1H3,(H,27,28)/b26-13-. The summed E-state index contributed by atoms with van der Waals surface area (Å²) in [6, 6.07) is 14.7. The van der Waals surface area contributed by atoms with Gasteiger partial charge in [0, 0.05) is 17.4 Å². The van der Waals surface area contributed by atoms with E-state index in [1.54, 1.807) is 36.8 Å². The third-order valence-corrected chi connectivity index (χ3v) is 4.94. The first-order valence-corrected chi connectivity index (χ1v) is 10.9. The van der Waals surface area contributed by atoms with Crippen LogP contribution in [0.15, 0.2) is 71.2 Å². The summed E-state index contributed by atoms with van der Waals surface area (Å²) < 4.78 is 11.6. The second kappa shape index (κ2) is 11.9. The van der Waals surface area contributed by atoms with Gasteiger partial charge in [-0.2, -0.15) is 5.10 Å². The average Bonchev–Trinajstić information content (AvgIpc) is 2.78. The fourth-order valence-electron chi connectivity index (χ4n) is 2.48. The van der Waals surface area contributed by atoms with Gasteiger partial charge in [0.25, 0.3) is 5.91 Å². The Kier molecular flexibility index (Phi) is 8.69. The van der Waals surface area contributed by atoms with Gasteiger partial charge in [-0.15, -0.1) is 0 Å². The van der Waals surface area contributed by atoms with Crippen LogP contribution in [0.25, 0.3) is 0 Å². The van der Waals surface area contributed by atoms with Crippen molar-refractivity contribution in [2.75, 3.05) is 12.4 Å². The monoisotopic (exact) mass is 456 g/mol. The summed E-state index contributed by atoms with van der Waals surface area (Å²) in [6.07, 6.45) is 4.80. The predicted molar refractivity (Wildman–Crippen MR) is 122 cm³/mol. The molecular formula is C22H21ClN4O3S. The van der Waals surface area contributed by atoms with Crippen molar-refractivity contribution in [2.45, 2.75) is 18.7 Å². The smallest absolute Gasteiger partial charge is 0.250 e. The molecule has 0 aliphatic carbocycles. The van der Waals surface area contributed by atoms with Gasteiger partial charge in [0.2, 0.25) is 0 Å². The summed E-state index contributed by atoms with van der Waals surface area (Å²) in [4.78, 5) is 20.0. The van der Waals surface area contributed by atoms with Crippen molar-refractivity contribution in [3.05, 3.63) is 77.1 Å². The number of halogens is 1. The molecule has 0 atom stereocenters. The van der Waals surface area contributed by atoms with Crippen LogP contribution in [0.2, 0.25) is 5.02 Å². The first-order valence-electron chi connectivity index (χ1n) is 9.50. The zero-order valence-electron chi connectivity index (χ0n) is 16.8. The number of nitrogens with zero attached hydrogens (tertiary/aromatic N) is 3. The van der Waals surface area contributed by atoms with Crippen LogP contribution in [0.4, 0.5) is 0 Å². The van der Waals surface area contributed by atoms with E-state index in [-0.39, 0.29) is 11.7 Å². The van der Waals surface area contributed by atoms with E-state index in [2.05, 4.69) is 20.5 Å². The molecule has 0 radical (unpaired) electrons. The van der Waals surface area contributed by atoms with E-state index in [1.165, 1.54) is 11.8 Å². The van der Waals surface area contributed by atoms with Gasteiger partial charge in [-0.25, -0.2) is 15.4 Å². The lowest BCUT2D eigenvalue weighted by Crippen LogP contribution is -2.19. The lowest BCUT2D eigenvalue weighted by atomic mass is 10.2. The van der Waals surface area contributed by atoms with Crippen molar-refractivity contribution in [3.63, 3.8) is 0 Å². The van der Waals surface area contributed by atoms with Crippen LogP contribution in [0.5, 0.6) is 11.5 Å². The van der Waals surface area contributed by atoms with Crippen LogP contribution in [0, 0.1) is 0 Å². The van der Waals surface area contributed by atoms with E-state index >= 15 is 0 Å². The summed E-state index contributed by atoms with van der Waals surface area (Å²) >= 11 is 7.26. The van der Waals surface area contributed by atoms with Gasteiger partial charge in [0.05, 0.1) is 18.6 Å². The number of amides is 1. The van der Waals surface area contributed by atoms with Gasteiger partial charge < -0.3 is 9.47 Å². The molecule has 1 aromatic heterocycles. The molecule has 2 aromatic carbocycles. The first kappa shape index (κ1) is 22.6. The molecule has 0 aliphatic heterocycles. The maximum atomic E-state index is 11.9. The van der Waals surface area contributed by atoms with Crippen molar-refractivity contribution in [1.29, 1.82) is 0 Å². The molecule has 0 saturated carbocycles. The third-order valence-electron chi connectivity index (χ3n) is 3.83. The number of ether oxygens (including phenoxy) is 2. The van der Waals surface area contributed by atoms with E-state index in [0.717, 1.165) is 11.1 Å². The maximum Gasteiger partial charge on any atom is 0.250 e. The second-order valence-corrected chi connectivity index (χ2v) is 7.55. The number of carbonyl (C=O) groups is 1. The Labute approximate surface area is 189 Å². The zero-order chi connectivity index (χ0) is 21.9. The van der Waals surface area contributed by atoms with Gasteiger partial charge in [0.15, 0.2) is 16.7 Å². The van der Waals surface area contributed by atoms with Gasteiger partial charge in [-0.3, -0.25) is 4.79 Å². The van der Waals surface area contributed by atoms with Crippen LogP contribution in [-0.4, -0.2) is 34.4 Å². The SMILES string of the molecule is CCOc1cc(/C=N\NC(=O)CSc2ncccn2)ccc1OCc1cccc(Cl)c1. The summed E-state index contributed by atoms with van der Waals surface area (Å²) in [6.45, 7) is 2.76. The Morgan fingerprint density at radius 2 is 1.97 bits per heavy atom. The lowest BCUT2D eigenvalue weighted by Gasteiger charge is -2.12. The molecule has 0 bridgehead atoms. The highest BCUT2D eigenvalue weighted by molar-refractivity contribution is 7.99. The number of hydrazone groups is 1.